The number of rotatable bonds is 1. The SMILES string of the molecule is C#CCc1cc(F)cc(Cl)c1. The van der Waals surface area contributed by atoms with E-state index in [0.717, 1.165) is 5.56 Å². The maximum atomic E-state index is 12.6. The van der Waals surface area contributed by atoms with Crippen LogP contribution in [0.5, 0.6) is 0 Å². The van der Waals surface area contributed by atoms with E-state index in [9.17, 15) is 4.39 Å². The van der Waals surface area contributed by atoms with Crippen LogP contribution in [0.25, 0.3) is 0 Å². The van der Waals surface area contributed by atoms with E-state index >= 15 is 0 Å². The van der Waals surface area contributed by atoms with Crippen LogP contribution in [0.15, 0.2) is 18.2 Å². The molecule has 0 atom stereocenters. The van der Waals surface area contributed by atoms with Gasteiger partial charge in [0.15, 0.2) is 0 Å². The van der Waals surface area contributed by atoms with Crippen molar-refractivity contribution in [1.82, 2.24) is 0 Å². The molecule has 1 aromatic carbocycles. The lowest BCUT2D eigenvalue weighted by molar-refractivity contribution is 0.626. The third-order valence-corrected chi connectivity index (χ3v) is 1.45. The summed E-state index contributed by atoms with van der Waals surface area (Å²) in [7, 11) is 0. The van der Waals surface area contributed by atoms with Crippen LogP contribution < -0.4 is 0 Å². The molecular weight excluding hydrogens is 163 g/mol. The van der Waals surface area contributed by atoms with Gasteiger partial charge in [-0.15, -0.1) is 12.3 Å². The van der Waals surface area contributed by atoms with Crippen molar-refractivity contribution in [3.63, 3.8) is 0 Å². The van der Waals surface area contributed by atoms with E-state index in [1.807, 2.05) is 0 Å². The second-order valence-electron chi connectivity index (χ2n) is 2.16. The summed E-state index contributed by atoms with van der Waals surface area (Å²) in [5.41, 5.74) is 0.734. The van der Waals surface area contributed by atoms with Crippen molar-refractivity contribution in [1.29, 1.82) is 0 Å². The van der Waals surface area contributed by atoms with Gasteiger partial charge in [0, 0.05) is 11.4 Å². The van der Waals surface area contributed by atoms with Crippen molar-refractivity contribution < 1.29 is 4.39 Å². The Hall–Kier alpha value is -1.00. The molecule has 0 aliphatic rings. The van der Waals surface area contributed by atoms with Crippen LogP contribution in [0.3, 0.4) is 0 Å². The van der Waals surface area contributed by atoms with Gasteiger partial charge in [0.25, 0.3) is 0 Å². The van der Waals surface area contributed by atoms with Crippen molar-refractivity contribution in [3.05, 3.63) is 34.6 Å². The standard InChI is InChI=1S/C9H6ClF/c1-2-3-7-4-8(10)6-9(11)5-7/h1,4-6H,3H2. The minimum atomic E-state index is -0.345. The zero-order valence-corrected chi connectivity index (χ0v) is 6.53. The zero-order chi connectivity index (χ0) is 8.27. The van der Waals surface area contributed by atoms with Gasteiger partial charge in [-0.1, -0.05) is 11.6 Å². The highest BCUT2D eigenvalue weighted by Crippen LogP contribution is 2.13. The van der Waals surface area contributed by atoms with E-state index < -0.39 is 0 Å². The lowest BCUT2D eigenvalue weighted by atomic mass is 10.1. The Labute approximate surface area is 70.0 Å². The molecule has 1 rings (SSSR count). The van der Waals surface area contributed by atoms with Gasteiger partial charge >= 0.3 is 0 Å². The second-order valence-corrected chi connectivity index (χ2v) is 2.60. The summed E-state index contributed by atoms with van der Waals surface area (Å²) >= 11 is 5.58. The first-order chi connectivity index (χ1) is 5.22. The predicted molar refractivity (Wildman–Crippen MR) is 43.9 cm³/mol. The van der Waals surface area contributed by atoms with Gasteiger partial charge in [-0.05, 0) is 23.8 Å². The minimum absolute atomic E-state index is 0.345. The molecule has 0 aromatic heterocycles. The molecule has 11 heavy (non-hydrogen) atoms. The van der Waals surface area contributed by atoms with Gasteiger partial charge in [-0.3, -0.25) is 0 Å². The summed E-state index contributed by atoms with van der Waals surface area (Å²) in [6.07, 6.45) is 5.46. The highest BCUT2D eigenvalue weighted by molar-refractivity contribution is 6.30. The molecule has 0 amide bonds. The third-order valence-electron chi connectivity index (χ3n) is 1.23. The summed E-state index contributed by atoms with van der Waals surface area (Å²) in [6, 6.07) is 4.29. The topological polar surface area (TPSA) is 0 Å². The maximum absolute atomic E-state index is 12.6. The summed E-state index contributed by atoms with van der Waals surface area (Å²) in [5, 5.41) is 0.384. The lowest BCUT2D eigenvalue weighted by Crippen LogP contribution is -1.83. The fraction of sp³-hybridized carbons (Fsp3) is 0.111. The van der Waals surface area contributed by atoms with Crippen LogP contribution in [-0.4, -0.2) is 0 Å². The van der Waals surface area contributed by atoms with Crippen molar-refractivity contribution in [2.24, 2.45) is 0 Å². The predicted octanol–water partition coefficient (Wildman–Crippen LogP) is 2.65. The first-order valence-electron chi connectivity index (χ1n) is 3.11. The van der Waals surface area contributed by atoms with E-state index in [2.05, 4.69) is 5.92 Å². The molecule has 1 aromatic rings. The van der Waals surface area contributed by atoms with E-state index in [1.54, 1.807) is 6.07 Å². The Bertz CT molecular complexity index is 279. The van der Waals surface area contributed by atoms with Gasteiger partial charge in [0.2, 0.25) is 0 Å². The van der Waals surface area contributed by atoms with Crippen LogP contribution in [0, 0.1) is 18.2 Å². The van der Waals surface area contributed by atoms with E-state index in [1.165, 1.54) is 12.1 Å². The van der Waals surface area contributed by atoms with Gasteiger partial charge in [0.05, 0.1) is 0 Å². The van der Waals surface area contributed by atoms with Crippen molar-refractivity contribution in [2.75, 3.05) is 0 Å². The molecule has 0 radical (unpaired) electrons. The normalized spacial score (nSPS) is 9.18. The summed E-state index contributed by atoms with van der Waals surface area (Å²) < 4.78 is 12.6. The molecule has 0 bridgehead atoms. The van der Waals surface area contributed by atoms with Crippen LogP contribution >= 0.6 is 11.6 Å². The first-order valence-corrected chi connectivity index (χ1v) is 3.48. The molecule has 0 N–H and O–H groups in total. The number of hydrogen-bond donors (Lipinski definition) is 0. The molecule has 0 aliphatic carbocycles. The largest absolute Gasteiger partial charge is 0.207 e. The first kappa shape index (κ1) is 8.10. The number of hydrogen-bond acceptors (Lipinski definition) is 0. The summed E-state index contributed by atoms with van der Waals surface area (Å²) in [6.45, 7) is 0. The Morgan fingerprint density at radius 2 is 2.18 bits per heavy atom. The lowest BCUT2D eigenvalue weighted by Gasteiger charge is -1.96. The molecule has 0 spiro atoms. The number of halogens is 2. The van der Waals surface area contributed by atoms with Crippen LogP contribution in [-0.2, 0) is 6.42 Å². The molecule has 0 saturated heterocycles. The fourth-order valence-corrected chi connectivity index (χ4v) is 1.08. The molecule has 2 heteroatoms. The summed E-state index contributed by atoms with van der Waals surface area (Å²) in [4.78, 5) is 0. The van der Waals surface area contributed by atoms with Gasteiger partial charge in [-0.25, -0.2) is 4.39 Å². The average Bonchev–Trinajstić information content (AvgIpc) is 1.85. The van der Waals surface area contributed by atoms with Crippen LogP contribution in [0.4, 0.5) is 4.39 Å². The maximum Gasteiger partial charge on any atom is 0.125 e. The average molecular weight is 169 g/mol. The highest BCUT2D eigenvalue weighted by atomic mass is 35.5. The Morgan fingerprint density at radius 1 is 1.45 bits per heavy atom. The van der Waals surface area contributed by atoms with Gasteiger partial charge in [-0.2, -0.15) is 0 Å². The molecule has 0 fully saturated rings. The second kappa shape index (κ2) is 3.41. The highest BCUT2D eigenvalue weighted by Gasteiger charge is 1.96. The van der Waals surface area contributed by atoms with Crippen molar-refractivity contribution in [3.8, 4) is 12.3 Å². The fourth-order valence-electron chi connectivity index (χ4n) is 0.831. The molecular formula is C9H6ClF. The zero-order valence-electron chi connectivity index (χ0n) is 5.77. The van der Waals surface area contributed by atoms with E-state index in [-0.39, 0.29) is 5.82 Å². The monoisotopic (exact) mass is 168 g/mol. The molecule has 0 saturated carbocycles. The molecule has 0 heterocycles. The minimum Gasteiger partial charge on any atom is -0.207 e. The van der Waals surface area contributed by atoms with Crippen LogP contribution in [0.1, 0.15) is 5.56 Å². The van der Waals surface area contributed by atoms with Crippen LogP contribution in [0.2, 0.25) is 5.02 Å². The van der Waals surface area contributed by atoms with E-state index in [4.69, 9.17) is 18.0 Å². The van der Waals surface area contributed by atoms with E-state index in [0.29, 0.717) is 11.4 Å². The number of terminal acetylenes is 1. The third kappa shape index (κ3) is 2.25. The molecule has 0 nitrogen and oxygen atoms in total. The Morgan fingerprint density at radius 3 is 2.73 bits per heavy atom. The smallest absolute Gasteiger partial charge is 0.125 e. The Balaban J connectivity index is 3.01. The van der Waals surface area contributed by atoms with Crippen molar-refractivity contribution >= 4 is 11.6 Å². The van der Waals surface area contributed by atoms with Gasteiger partial charge in [0.1, 0.15) is 5.82 Å². The Kier molecular flexibility index (Phi) is 2.51. The quantitative estimate of drug-likeness (QED) is 0.566. The molecule has 56 valence electrons. The summed E-state index contributed by atoms with van der Waals surface area (Å²) in [5.74, 6) is 2.07. The van der Waals surface area contributed by atoms with Crippen molar-refractivity contribution in [2.45, 2.75) is 6.42 Å². The molecule has 0 unspecified atom stereocenters. The number of benzene rings is 1. The molecule has 0 aliphatic heterocycles. The van der Waals surface area contributed by atoms with Gasteiger partial charge < -0.3 is 0 Å².